The van der Waals surface area contributed by atoms with Crippen molar-refractivity contribution in [3.8, 4) is 0 Å². The molecule has 1 aromatic carbocycles. The standard InChI is InChI=1S/C16H23FN2O4S/c1-4-16(2,3)18-15(20)13-11-12(5-6-14(13)17)24(21,22)19-7-9-23-10-8-19/h5-6,11H,4,7-10H2,1-3H3,(H,18,20). The van der Waals surface area contributed by atoms with Crippen LogP contribution in [0.5, 0.6) is 0 Å². The maximum atomic E-state index is 14.0. The number of rotatable bonds is 5. The van der Waals surface area contributed by atoms with Gasteiger partial charge in [-0.2, -0.15) is 4.31 Å². The molecule has 1 aliphatic rings. The lowest BCUT2D eigenvalue weighted by Gasteiger charge is -2.27. The Hall–Kier alpha value is -1.51. The number of nitrogens with one attached hydrogen (secondary N) is 1. The van der Waals surface area contributed by atoms with E-state index in [0.29, 0.717) is 19.6 Å². The van der Waals surface area contributed by atoms with Gasteiger partial charge in [-0.3, -0.25) is 4.79 Å². The van der Waals surface area contributed by atoms with E-state index in [1.165, 1.54) is 10.4 Å². The molecular formula is C16H23FN2O4S. The number of carbonyl (C=O) groups excluding carboxylic acids is 1. The molecule has 0 radical (unpaired) electrons. The zero-order valence-electron chi connectivity index (χ0n) is 14.1. The van der Waals surface area contributed by atoms with E-state index in [1.807, 2.05) is 20.8 Å². The fourth-order valence-corrected chi connectivity index (χ4v) is 3.67. The molecule has 1 fully saturated rings. The highest BCUT2D eigenvalue weighted by atomic mass is 32.2. The summed E-state index contributed by atoms with van der Waals surface area (Å²) in [7, 11) is -3.78. The van der Waals surface area contributed by atoms with Gasteiger partial charge in [0.05, 0.1) is 23.7 Å². The molecule has 1 saturated heterocycles. The molecule has 0 unspecified atom stereocenters. The predicted octanol–water partition coefficient (Wildman–Crippen LogP) is 1.76. The predicted molar refractivity (Wildman–Crippen MR) is 87.8 cm³/mol. The Balaban J connectivity index is 2.32. The molecule has 1 aliphatic heterocycles. The van der Waals surface area contributed by atoms with E-state index < -0.39 is 27.3 Å². The van der Waals surface area contributed by atoms with Crippen molar-refractivity contribution in [3.05, 3.63) is 29.6 Å². The van der Waals surface area contributed by atoms with E-state index in [4.69, 9.17) is 4.74 Å². The van der Waals surface area contributed by atoms with Gasteiger partial charge in [0.1, 0.15) is 5.82 Å². The molecule has 0 spiro atoms. The number of ether oxygens (including phenoxy) is 1. The third-order valence-electron chi connectivity index (χ3n) is 4.13. The highest BCUT2D eigenvalue weighted by molar-refractivity contribution is 7.89. The first-order valence-electron chi connectivity index (χ1n) is 7.87. The van der Waals surface area contributed by atoms with Gasteiger partial charge in [-0.25, -0.2) is 12.8 Å². The Morgan fingerprint density at radius 3 is 2.54 bits per heavy atom. The smallest absolute Gasteiger partial charge is 0.254 e. The zero-order valence-corrected chi connectivity index (χ0v) is 15.0. The molecule has 0 aromatic heterocycles. The summed E-state index contributed by atoms with van der Waals surface area (Å²) in [4.78, 5) is 12.2. The minimum absolute atomic E-state index is 0.0924. The van der Waals surface area contributed by atoms with Gasteiger partial charge >= 0.3 is 0 Å². The molecule has 0 saturated carbocycles. The van der Waals surface area contributed by atoms with Crippen LogP contribution < -0.4 is 5.32 Å². The van der Waals surface area contributed by atoms with E-state index in [2.05, 4.69) is 5.32 Å². The Bertz CT molecular complexity index is 713. The third kappa shape index (κ3) is 4.12. The Kier molecular flexibility index (Phi) is 5.62. The lowest BCUT2D eigenvalue weighted by molar-refractivity contribution is 0.0730. The van der Waals surface area contributed by atoms with Crippen molar-refractivity contribution >= 4 is 15.9 Å². The first-order valence-corrected chi connectivity index (χ1v) is 9.31. The summed E-state index contributed by atoms with van der Waals surface area (Å²) in [6.45, 7) is 6.65. The first kappa shape index (κ1) is 18.8. The molecule has 134 valence electrons. The lowest BCUT2D eigenvalue weighted by atomic mass is 10.0. The van der Waals surface area contributed by atoms with Crippen molar-refractivity contribution in [2.45, 2.75) is 37.6 Å². The number of hydrogen-bond acceptors (Lipinski definition) is 4. The highest BCUT2D eigenvalue weighted by Gasteiger charge is 2.28. The van der Waals surface area contributed by atoms with Crippen molar-refractivity contribution < 1.29 is 22.3 Å². The van der Waals surface area contributed by atoms with Crippen molar-refractivity contribution in [2.24, 2.45) is 0 Å². The Morgan fingerprint density at radius 2 is 1.96 bits per heavy atom. The molecule has 0 bridgehead atoms. The van der Waals surface area contributed by atoms with Crippen LogP contribution in [0.4, 0.5) is 4.39 Å². The molecule has 24 heavy (non-hydrogen) atoms. The number of carbonyl (C=O) groups is 1. The molecule has 0 atom stereocenters. The second kappa shape index (κ2) is 7.16. The lowest BCUT2D eigenvalue weighted by Crippen LogP contribution is -2.43. The average Bonchev–Trinajstić information content (AvgIpc) is 2.55. The van der Waals surface area contributed by atoms with Crippen LogP contribution in [-0.2, 0) is 14.8 Å². The van der Waals surface area contributed by atoms with Gasteiger partial charge in [0, 0.05) is 18.6 Å². The molecule has 1 heterocycles. The highest BCUT2D eigenvalue weighted by Crippen LogP contribution is 2.21. The topological polar surface area (TPSA) is 75.7 Å². The number of amides is 1. The summed E-state index contributed by atoms with van der Waals surface area (Å²) >= 11 is 0. The Morgan fingerprint density at radius 1 is 1.33 bits per heavy atom. The molecule has 1 amide bonds. The molecular weight excluding hydrogens is 335 g/mol. The van der Waals surface area contributed by atoms with Crippen molar-refractivity contribution in [2.75, 3.05) is 26.3 Å². The van der Waals surface area contributed by atoms with Crippen LogP contribution in [0, 0.1) is 5.82 Å². The van der Waals surface area contributed by atoms with Gasteiger partial charge < -0.3 is 10.1 Å². The summed E-state index contributed by atoms with van der Waals surface area (Å²) in [6.07, 6.45) is 0.659. The van der Waals surface area contributed by atoms with Crippen molar-refractivity contribution in [3.63, 3.8) is 0 Å². The summed E-state index contributed by atoms with van der Waals surface area (Å²) in [5, 5.41) is 2.71. The normalized spacial score (nSPS) is 16.8. The number of halogens is 1. The van der Waals surface area contributed by atoms with Gasteiger partial charge in [0.15, 0.2) is 0 Å². The summed E-state index contributed by atoms with van der Waals surface area (Å²) in [5.41, 5.74) is -0.784. The monoisotopic (exact) mass is 358 g/mol. The van der Waals surface area contributed by atoms with Gasteiger partial charge in [0.2, 0.25) is 10.0 Å². The minimum Gasteiger partial charge on any atom is -0.379 e. The van der Waals surface area contributed by atoms with Crippen LogP contribution in [-0.4, -0.2) is 50.5 Å². The second-order valence-corrected chi connectivity index (χ2v) is 8.29. The van der Waals surface area contributed by atoms with Crippen LogP contribution in [0.15, 0.2) is 23.1 Å². The van der Waals surface area contributed by atoms with E-state index in [1.54, 1.807) is 0 Å². The maximum Gasteiger partial charge on any atom is 0.254 e. The largest absolute Gasteiger partial charge is 0.379 e. The summed E-state index contributed by atoms with van der Waals surface area (Å²) in [5.74, 6) is -1.38. The minimum atomic E-state index is -3.78. The average molecular weight is 358 g/mol. The molecule has 8 heteroatoms. The third-order valence-corrected chi connectivity index (χ3v) is 6.02. The number of hydrogen-bond donors (Lipinski definition) is 1. The summed E-state index contributed by atoms with van der Waals surface area (Å²) in [6, 6.07) is 3.30. The first-order chi connectivity index (χ1) is 11.2. The van der Waals surface area contributed by atoms with E-state index in [-0.39, 0.29) is 23.5 Å². The number of nitrogens with zero attached hydrogens (tertiary/aromatic N) is 1. The molecule has 0 aliphatic carbocycles. The number of morpholine rings is 1. The Labute approximate surface area is 142 Å². The van der Waals surface area contributed by atoms with E-state index in [9.17, 15) is 17.6 Å². The van der Waals surface area contributed by atoms with Gasteiger partial charge in [-0.1, -0.05) is 6.92 Å². The van der Waals surface area contributed by atoms with Crippen molar-refractivity contribution in [1.82, 2.24) is 9.62 Å². The molecule has 2 rings (SSSR count). The maximum absolute atomic E-state index is 14.0. The van der Waals surface area contributed by atoms with Gasteiger partial charge in [0.25, 0.3) is 5.91 Å². The van der Waals surface area contributed by atoms with Crippen molar-refractivity contribution in [1.29, 1.82) is 0 Å². The zero-order chi connectivity index (χ0) is 18.0. The van der Waals surface area contributed by atoms with Crippen LogP contribution in [0.25, 0.3) is 0 Å². The summed E-state index contributed by atoms with van der Waals surface area (Å²) < 4.78 is 45.7. The SMILES string of the molecule is CCC(C)(C)NC(=O)c1cc(S(=O)(=O)N2CCOCC2)ccc1F. The van der Waals surface area contributed by atoms with Gasteiger partial charge in [-0.05, 0) is 38.5 Å². The molecule has 1 aromatic rings. The van der Waals surface area contributed by atoms with E-state index in [0.717, 1.165) is 12.1 Å². The second-order valence-electron chi connectivity index (χ2n) is 6.35. The van der Waals surface area contributed by atoms with Crippen LogP contribution in [0.1, 0.15) is 37.6 Å². The fourth-order valence-electron chi connectivity index (χ4n) is 2.24. The van der Waals surface area contributed by atoms with Crippen LogP contribution in [0.3, 0.4) is 0 Å². The van der Waals surface area contributed by atoms with Gasteiger partial charge in [-0.15, -0.1) is 0 Å². The quantitative estimate of drug-likeness (QED) is 0.870. The number of sulfonamides is 1. The fraction of sp³-hybridized carbons (Fsp3) is 0.562. The molecule has 6 nitrogen and oxygen atoms in total. The van der Waals surface area contributed by atoms with Crippen LogP contribution >= 0.6 is 0 Å². The number of benzene rings is 1. The van der Waals surface area contributed by atoms with E-state index >= 15 is 0 Å². The van der Waals surface area contributed by atoms with Crippen LogP contribution in [0.2, 0.25) is 0 Å². The molecule has 1 N–H and O–H groups in total.